The number of carbonyl (C=O) groups excluding carboxylic acids is 2. The number of thiocarbonyl (C=S) groups is 1. The molecule has 0 unspecified atom stereocenters. The summed E-state index contributed by atoms with van der Waals surface area (Å²) in [5.74, 6) is -2.71. The van der Waals surface area contributed by atoms with Crippen LogP contribution in [0.2, 0.25) is 0 Å². The number of halogens is 1. The number of rotatable bonds is 4. The maximum absolute atomic E-state index is 13.1. The van der Waals surface area contributed by atoms with Crippen LogP contribution < -0.4 is 5.11 Å². The van der Waals surface area contributed by atoms with Gasteiger partial charge in [0.05, 0.1) is 17.5 Å². The molecule has 8 heteroatoms. The predicted octanol–water partition coefficient (Wildman–Crippen LogP) is 0.138. The van der Waals surface area contributed by atoms with E-state index in [9.17, 15) is 19.1 Å². The van der Waals surface area contributed by atoms with Gasteiger partial charge in [0.25, 0.3) is 5.91 Å². The van der Waals surface area contributed by atoms with E-state index in [-0.39, 0.29) is 9.23 Å². The van der Waals surface area contributed by atoms with E-state index in [0.717, 1.165) is 16.7 Å². The van der Waals surface area contributed by atoms with E-state index >= 15 is 0 Å². The normalized spacial score (nSPS) is 18.4. The van der Waals surface area contributed by atoms with Crippen molar-refractivity contribution >= 4 is 46.3 Å². The number of hydrogen-bond acceptors (Lipinski definition) is 6. The Labute approximate surface area is 129 Å². The van der Waals surface area contributed by atoms with Crippen molar-refractivity contribution in [3.63, 3.8) is 0 Å². The van der Waals surface area contributed by atoms with E-state index < -0.39 is 30.3 Å². The second-order valence-corrected chi connectivity index (χ2v) is 5.80. The number of benzene rings is 1. The lowest BCUT2D eigenvalue weighted by Crippen LogP contribution is -2.51. The lowest BCUT2D eigenvalue weighted by Gasteiger charge is -2.25. The molecule has 1 N–H and O–H groups in total. The number of aliphatic hydroxyl groups excluding tert-OH is 1. The van der Waals surface area contributed by atoms with Crippen LogP contribution in [0, 0.1) is 5.82 Å². The minimum Gasteiger partial charge on any atom is -0.548 e. The fraction of sp³-hybridized carbons (Fsp3) is 0.154. The first-order valence-corrected chi connectivity index (χ1v) is 7.01. The molecule has 0 saturated carbocycles. The molecule has 0 aromatic heterocycles. The van der Waals surface area contributed by atoms with Crippen LogP contribution in [0.4, 0.5) is 4.39 Å². The average molecular weight is 326 g/mol. The van der Waals surface area contributed by atoms with Gasteiger partial charge in [-0.2, -0.15) is 0 Å². The number of carbonyl (C=O) groups is 2. The monoisotopic (exact) mass is 326 g/mol. The van der Waals surface area contributed by atoms with Crippen molar-refractivity contribution in [3.8, 4) is 0 Å². The third-order valence-electron chi connectivity index (χ3n) is 2.73. The molecule has 0 spiro atoms. The summed E-state index contributed by atoms with van der Waals surface area (Å²) in [7, 11) is 0. The minimum absolute atomic E-state index is 0.00547. The lowest BCUT2D eigenvalue weighted by atomic mass is 10.2. The molecule has 2 rings (SSSR count). The van der Waals surface area contributed by atoms with Crippen molar-refractivity contribution in [2.45, 2.75) is 6.04 Å². The third-order valence-corrected chi connectivity index (χ3v) is 4.06. The van der Waals surface area contributed by atoms with E-state index in [2.05, 4.69) is 0 Å². The van der Waals surface area contributed by atoms with Crippen molar-refractivity contribution in [2.75, 3.05) is 6.61 Å². The van der Waals surface area contributed by atoms with Crippen molar-refractivity contribution in [2.24, 2.45) is 0 Å². The van der Waals surface area contributed by atoms with Crippen LogP contribution >= 0.6 is 24.0 Å². The van der Waals surface area contributed by atoms with Crippen molar-refractivity contribution in [1.82, 2.24) is 4.90 Å². The zero-order valence-corrected chi connectivity index (χ0v) is 12.1. The Bertz CT molecular complexity index is 647. The first-order chi connectivity index (χ1) is 9.93. The molecule has 1 aliphatic rings. The molecule has 1 atom stereocenters. The molecular weight excluding hydrogens is 317 g/mol. The zero-order chi connectivity index (χ0) is 15.6. The fourth-order valence-corrected chi connectivity index (χ4v) is 3.11. The third kappa shape index (κ3) is 3.29. The van der Waals surface area contributed by atoms with Gasteiger partial charge in [-0.3, -0.25) is 9.69 Å². The van der Waals surface area contributed by atoms with Crippen LogP contribution in [0.5, 0.6) is 0 Å². The molecule has 0 radical (unpaired) electrons. The zero-order valence-electron chi connectivity index (χ0n) is 10.5. The van der Waals surface area contributed by atoms with Crippen LogP contribution in [-0.2, 0) is 9.59 Å². The van der Waals surface area contributed by atoms with Gasteiger partial charge in [-0.25, -0.2) is 4.39 Å². The number of thioether (sulfide) groups is 1. The minimum atomic E-state index is -1.60. The number of carboxylic acid groups (broad SMARTS) is 1. The average Bonchev–Trinajstić information content (AvgIpc) is 2.67. The van der Waals surface area contributed by atoms with E-state index in [1.54, 1.807) is 6.07 Å². The van der Waals surface area contributed by atoms with Crippen LogP contribution in [0.1, 0.15) is 5.56 Å². The van der Waals surface area contributed by atoms with Crippen LogP contribution in [0.15, 0.2) is 29.2 Å². The molecule has 1 saturated heterocycles. The summed E-state index contributed by atoms with van der Waals surface area (Å²) in [5, 5.41) is 20.0. The van der Waals surface area contributed by atoms with E-state index in [1.807, 2.05) is 0 Å². The lowest BCUT2D eigenvalue weighted by molar-refractivity contribution is -0.311. The van der Waals surface area contributed by atoms with Gasteiger partial charge < -0.3 is 15.0 Å². The van der Waals surface area contributed by atoms with Crippen molar-refractivity contribution in [3.05, 3.63) is 40.6 Å². The summed E-state index contributed by atoms with van der Waals surface area (Å²) in [6.07, 6.45) is 1.41. The fourth-order valence-electron chi connectivity index (χ4n) is 1.76. The summed E-state index contributed by atoms with van der Waals surface area (Å²) < 4.78 is 13.1. The molecule has 21 heavy (non-hydrogen) atoms. The summed E-state index contributed by atoms with van der Waals surface area (Å²) in [5.41, 5.74) is 0.449. The largest absolute Gasteiger partial charge is 0.548 e. The Morgan fingerprint density at radius 1 is 1.57 bits per heavy atom. The van der Waals surface area contributed by atoms with Gasteiger partial charge in [0.15, 0.2) is 0 Å². The van der Waals surface area contributed by atoms with Crippen molar-refractivity contribution in [1.29, 1.82) is 0 Å². The highest BCUT2D eigenvalue weighted by Crippen LogP contribution is 2.33. The standard InChI is InChI=1S/C13H10FNO4S2/c14-8-3-1-2-7(4-8)5-10-11(17)15(13(20)21-10)9(6-16)12(18)19/h1-5,9,16H,6H2,(H,18,19)/p-1/b10-5-/t9-/m0/s1. The van der Waals surface area contributed by atoms with Crippen LogP contribution in [0.3, 0.4) is 0 Å². The number of aliphatic carboxylic acids is 1. The predicted molar refractivity (Wildman–Crippen MR) is 77.3 cm³/mol. The number of aliphatic hydroxyl groups is 1. The molecule has 110 valence electrons. The summed E-state index contributed by atoms with van der Waals surface area (Å²) in [4.78, 5) is 24.0. The number of carboxylic acids is 1. The highest BCUT2D eigenvalue weighted by molar-refractivity contribution is 8.26. The summed E-state index contributed by atoms with van der Waals surface area (Å²) in [6, 6.07) is 4.04. The first kappa shape index (κ1) is 15.6. The van der Waals surface area contributed by atoms with Gasteiger partial charge in [0.2, 0.25) is 0 Å². The molecule has 1 aromatic carbocycles. The Hall–Kier alpha value is -1.77. The van der Waals surface area contributed by atoms with E-state index in [4.69, 9.17) is 17.3 Å². The van der Waals surface area contributed by atoms with Crippen molar-refractivity contribution < 1.29 is 24.2 Å². The smallest absolute Gasteiger partial charge is 0.266 e. The van der Waals surface area contributed by atoms with Gasteiger partial charge >= 0.3 is 0 Å². The molecular formula is C13H9FNO4S2-. The Morgan fingerprint density at radius 3 is 2.86 bits per heavy atom. The maximum atomic E-state index is 13.1. The second-order valence-electron chi connectivity index (χ2n) is 4.12. The van der Waals surface area contributed by atoms with Gasteiger partial charge in [-0.1, -0.05) is 36.1 Å². The molecule has 1 fully saturated rings. The molecule has 1 aliphatic heterocycles. The maximum Gasteiger partial charge on any atom is 0.266 e. The van der Waals surface area contributed by atoms with Gasteiger partial charge in [0.1, 0.15) is 16.2 Å². The topological polar surface area (TPSA) is 80.7 Å². The molecule has 1 heterocycles. The van der Waals surface area contributed by atoms with Crippen LogP contribution in [-0.4, -0.2) is 38.9 Å². The van der Waals surface area contributed by atoms with E-state index in [1.165, 1.54) is 24.3 Å². The second kappa shape index (κ2) is 6.33. The highest BCUT2D eigenvalue weighted by atomic mass is 32.2. The molecule has 1 amide bonds. The van der Waals surface area contributed by atoms with E-state index in [0.29, 0.717) is 5.56 Å². The Kier molecular flexibility index (Phi) is 4.71. The Morgan fingerprint density at radius 2 is 2.29 bits per heavy atom. The van der Waals surface area contributed by atoms with Gasteiger partial charge in [-0.15, -0.1) is 0 Å². The highest BCUT2D eigenvalue weighted by Gasteiger charge is 2.37. The molecule has 0 bridgehead atoms. The SMILES string of the molecule is O=C([O-])[C@H](CO)N1C(=O)/C(=C/c2cccc(F)c2)SC1=S. The number of nitrogens with zero attached hydrogens (tertiary/aromatic N) is 1. The summed E-state index contributed by atoms with van der Waals surface area (Å²) in [6.45, 7) is -0.804. The van der Waals surface area contributed by atoms with Gasteiger partial charge in [-0.05, 0) is 23.8 Å². The summed E-state index contributed by atoms with van der Waals surface area (Å²) >= 11 is 5.84. The van der Waals surface area contributed by atoms with Crippen LogP contribution in [0.25, 0.3) is 6.08 Å². The Balaban J connectivity index is 2.31. The first-order valence-electron chi connectivity index (χ1n) is 5.78. The molecule has 5 nitrogen and oxygen atoms in total. The quantitative estimate of drug-likeness (QED) is 0.626. The number of amides is 1. The van der Waals surface area contributed by atoms with Gasteiger partial charge in [0, 0.05) is 0 Å². The number of hydrogen-bond donors (Lipinski definition) is 1. The molecule has 1 aromatic rings. The molecule has 0 aliphatic carbocycles.